The molecule has 3 amide bonds. The maximum absolute atomic E-state index is 12.4. The van der Waals surface area contributed by atoms with Gasteiger partial charge in [-0.3, -0.25) is 19.7 Å². The van der Waals surface area contributed by atoms with Gasteiger partial charge in [-0.05, 0) is 12.1 Å². The minimum atomic E-state index is -0.474. The van der Waals surface area contributed by atoms with Crippen LogP contribution in [0.15, 0.2) is 18.2 Å². The van der Waals surface area contributed by atoms with Crippen LogP contribution in [-0.2, 0) is 9.59 Å². The lowest BCUT2D eigenvalue weighted by molar-refractivity contribution is -0.135. The first-order chi connectivity index (χ1) is 9.65. The molecule has 1 aromatic carbocycles. The number of benzene rings is 1. The van der Waals surface area contributed by atoms with Gasteiger partial charge in [0.1, 0.15) is 19.7 Å². The highest BCUT2D eigenvalue weighted by molar-refractivity contribution is 6.07. The Kier molecular flexibility index (Phi) is 3.02. The number of anilines is 1. The number of carbonyl (C=O) groups excluding carboxylic acids is 3. The standard InChI is InChI=1S/C13H13N3O4/c17-10-6-16(7-11(18)15-10)13(19)8-2-1-3-9-12(8)20-5-4-14-9/h1-3,14H,4-7H2,(H,15,17,18). The molecule has 0 aromatic heterocycles. The van der Waals surface area contributed by atoms with Crippen molar-refractivity contribution in [3.63, 3.8) is 0 Å². The fourth-order valence-corrected chi connectivity index (χ4v) is 2.29. The lowest BCUT2D eigenvalue weighted by Crippen LogP contribution is -2.53. The Bertz CT molecular complexity index is 583. The second-order valence-corrected chi connectivity index (χ2v) is 4.59. The molecule has 2 N–H and O–H groups in total. The molecule has 0 unspecified atom stereocenters. The number of nitrogens with one attached hydrogen (secondary N) is 2. The number of para-hydroxylation sites is 1. The smallest absolute Gasteiger partial charge is 0.258 e. The quantitative estimate of drug-likeness (QED) is 0.680. The van der Waals surface area contributed by atoms with Crippen LogP contribution in [0, 0.1) is 0 Å². The highest BCUT2D eigenvalue weighted by Crippen LogP contribution is 2.32. The molecule has 0 bridgehead atoms. The van der Waals surface area contributed by atoms with Crippen molar-refractivity contribution in [2.45, 2.75) is 0 Å². The molecule has 0 spiro atoms. The maximum atomic E-state index is 12.4. The summed E-state index contributed by atoms with van der Waals surface area (Å²) in [5.74, 6) is -0.854. The van der Waals surface area contributed by atoms with Gasteiger partial charge >= 0.3 is 0 Å². The zero-order chi connectivity index (χ0) is 14.1. The largest absolute Gasteiger partial charge is 0.489 e. The van der Waals surface area contributed by atoms with E-state index in [1.165, 1.54) is 4.90 Å². The molecule has 3 rings (SSSR count). The molecule has 2 heterocycles. The number of hydrogen-bond acceptors (Lipinski definition) is 5. The van der Waals surface area contributed by atoms with Gasteiger partial charge < -0.3 is 15.0 Å². The number of nitrogens with zero attached hydrogens (tertiary/aromatic N) is 1. The summed E-state index contributed by atoms with van der Waals surface area (Å²) in [5, 5.41) is 5.30. The van der Waals surface area contributed by atoms with E-state index in [0.717, 1.165) is 5.69 Å². The van der Waals surface area contributed by atoms with Crippen molar-refractivity contribution in [3.8, 4) is 5.75 Å². The molecule has 20 heavy (non-hydrogen) atoms. The second-order valence-electron chi connectivity index (χ2n) is 4.59. The lowest BCUT2D eigenvalue weighted by atomic mass is 10.1. The number of imide groups is 1. The van der Waals surface area contributed by atoms with Gasteiger partial charge in [0.05, 0.1) is 11.3 Å². The van der Waals surface area contributed by atoms with Crippen molar-refractivity contribution in [2.75, 3.05) is 31.6 Å². The second kappa shape index (κ2) is 4.84. The molecule has 0 radical (unpaired) electrons. The van der Waals surface area contributed by atoms with Crippen LogP contribution in [0.4, 0.5) is 5.69 Å². The number of piperazine rings is 1. The third-order valence-corrected chi connectivity index (χ3v) is 3.14. The first-order valence-electron chi connectivity index (χ1n) is 6.27. The zero-order valence-corrected chi connectivity index (χ0v) is 10.6. The van der Waals surface area contributed by atoms with Gasteiger partial charge in [-0.2, -0.15) is 0 Å². The van der Waals surface area contributed by atoms with Gasteiger partial charge in [-0.15, -0.1) is 0 Å². The van der Waals surface area contributed by atoms with Crippen LogP contribution in [0.1, 0.15) is 10.4 Å². The molecular formula is C13H13N3O4. The van der Waals surface area contributed by atoms with E-state index >= 15 is 0 Å². The summed E-state index contributed by atoms with van der Waals surface area (Å²) in [7, 11) is 0. The summed E-state index contributed by atoms with van der Waals surface area (Å²) >= 11 is 0. The fraction of sp³-hybridized carbons (Fsp3) is 0.308. The van der Waals surface area contributed by atoms with E-state index in [-0.39, 0.29) is 19.0 Å². The lowest BCUT2D eigenvalue weighted by Gasteiger charge is -2.27. The summed E-state index contributed by atoms with van der Waals surface area (Å²) < 4.78 is 5.52. The number of carbonyl (C=O) groups is 3. The van der Waals surface area contributed by atoms with Crippen LogP contribution < -0.4 is 15.4 Å². The summed E-state index contributed by atoms with van der Waals surface area (Å²) in [5.41, 5.74) is 1.10. The van der Waals surface area contributed by atoms with Gasteiger partial charge in [0.2, 0.25) is 11.8 Å². The third-order valence-electron chi connectivity index (χ3n) is 3.14. The van der Waals surface area contributed by atoms with E-state index in [2.05, 4.69) is 10.6 Å². The molecule has 1 fully saturated rings. The average Bonchev–Trinajstić information content (AvgIpc) is 2.45. The Morgan fingerprint density at radius 1 is 1.20 bits per heavy atom. The number of ether oxygens (including phenoxy) is 1. The van der Waals surface area contributed by atoms with Crippen molar-refractivity contribution in [1.82, 2.24) is 10.2 Å². The van der Waals surface area contributed by atoms with Crippen LogP contribution in [0.5, 0.6) is 5.75 Å². The highest BCUT2D eigenvalue weighted by atomic mass is 16.5. The van der Waals surface area contributed by atoms with E-state index in [4.69, 9.17) is 4.74 Å². The molecule has 0 aliphatic carbocycles. The minimum Gasteiger partial charge on any atom is -0.489 e. The third kappa shape index (κ3) is 2.18. The van der Waals surface area contributed by atoms with Gasteiger partial charge in [0.25, 0.3) is 5.91 Å². The van der Waals surface area contributed by atoms with Gasteiger partial charge in [0, 0.05) is 6.54 Å². The van der Waals surface area contributed by atoms with E-state index in [1.54, 1.807) is 12.1 Å². The topological polar surface area (TPSA) is 87.7 Å². The molecule has 1 saturated heterocycles. The monoisotopic (exact) mass is 275 g/mol. The number of amides is 3. The molecule has 0 atom stereocenters. The minimum absolute atomic E-state index is 0.123. The molecule has 7 nitrogen and oxygen atoms in total. The Hall–Kier alpha value is -2.57. The van der Waals surface area contributed by atoms with Crippen LogP contribution in [0.2, 0.25) is 0 Å². The molecule has 104 valence electrons. The normalized spacial score (nSPS) is 17.7. The maximum Gasteiger partial charge on any atom is 0.258 e. The Morgan fingerprint density at radius 3 is 2.70 bits per heavy atom. The summed E-state index contributed by atoms with van der Waals surface area (Å²) in [6.45, 7) is 0.898. The summed E-state index contributed by atoms with van der Waals surface area (Å²) in [4.78, 5) is 36.3. The van der Waals surface area contributed by atoms with Crippen molar-refractivity contribution >= 4 is 23.4 Å². The molecule has 7 heteroatoms. The molecule has 0 saturated carbocycles. The van der Waals surface area contributed by atoms with E-state index in [0.29, 0.717) is 24.5 Å². The Morgan fingerprint density at radius 2 is 1.95 bits per heavy atom. The van der Waals surface area contributed by atoms with Crippen LogP contribution >= 0.6 is 0 Å². The number of rotatable bonds is 1. The zero-order valence-electron chi connectivity index (χ0n) is 10.6. The van der Waals surface area contributed by atoms with Crippen molar-refractivity contribution in [3.05, 3.63) is 23.8 Å². The summed E-state index contributed by atoms with van der Waals surface area (Å²) in [6, 6.07) is 5.18. The molecule has 2 aliphatic heterocycles. The number of fused-ring (bicyclic) bond motifs is 1. The van der Waals surface area contributed by atoms with Gasteiger partial charge in [-0.25, -0.2) is 0 Å². The van der Waals surface area contributed by atoms with Crippen LogP contribution in [0.3, 0.4) is 0 Å². The molecular weight excluding hydrogens is 262 g/mol. The molecule has 1 aromatic rings. The van der Waals surface area contributed by atoms with E-state index in [1.807, 2.05) is 6.07 Å². The van der Waals surface area contributed by atoms with Crippen molar-refractivity contribution < 1.29 is 19.1 Å². The van der Waals surface area contributed by atoms with Crippen LogP contribution in [-0.4, -0.2) is 48.9 Å². The number of hydrogen-bond donors (Lipinski definition) is 2. The molecule has 2 aliphatic rings. The Balaban J connectivity index is 1.91. The average molecular weight is 275 g/mol. The van der Waals surface area contributed by atoms with E-state index < -0.39 is 11.8 Å². The fourth-order valence-electron chi connectivity index (χ4n) is 2.29. The van der Waals surface area contributed by atoms with E-state index in [9.17, 15) is 14.4 Å². The van der Waals surface area contributed by atoms with Crippen LogP contribution in [0.25, 0.3) is 0 Å². The highest BCUT2D eigenvalue weighted by Gasteiger charge is 2.29. The SMILES string of the molecule is O=C1CN(C(=O)c2cccc3c2OCCN3)CC(=O)N1. The predicted molar refractivity (Wildman–Crippen MR) is 69.5 cm³/mol. The Labute approximate surface area is 114 Å². The first-order valence-corrected chi connectivity index (χ1v) is 6.27. The first kappa shape index (κ1) is 12.5. The van der Waals surface area contributed by atoms with Crippen molar-refractivity contribution in [1.29, 1.82) is 0 Å². The summed E-state index contributed by atoms with van der Waals surface area (Å²) in [6.07, 6.45) is 0. The predicted octanol–water partition coefficient (Wildman–Crippen LogP) is -0.411. The van der Waals surface area contributed by atoms with Crippen molar-refractivity contribution in [2.24, 2.45) is 0 Å². The van der Waals surface area contributed by atoms with Gasteiger partial charge in [-0.1, -0.05) is 6.07 Å². The van der Waals surface area contributed by atoms with Gasteiger partial charge in [0.15, 0.2) is 5.75 Å².